The van der Waals surface area contributed by atoms with Crippen LogP contribution in [0.3, 0.4) is 0 Å². The number of sulfonamides is 1. The molecule has 0 spiro atoms. The predicted molar refractivity (Wildman–Crippen MR) is 123 cm³/mol. The topological polar surface area (TPSA) is 88.8 Å². The maximum absolute atomic E-state index is 13.2. The van der Waals surface area contributed by atoms with Crippen LogP contribution in [-0.4, -0.2) is 38.3 Å². The summed E-state index contributed by atoms with van der Waals surface area (Å²) in [6.45, 7) is 5.52. The minimum absolute atomic E-state index is 0.170. The summed E-state index contributed by atoms with van der Waals surface area (Å²) in [6, 6.07) is 12.3. The van der Waals surface area contributed by atoms with Crippen molar-refractivity contribution < 1.29 is 22.4 Å². The Morgan fingerprint density at radius 3 is 2.62 bits per heavy atom. The Morgan fingerprint density at radius 2 is 1.88 bits per heavy atom. The molecule has 2 heterocycles. The molecule has 2 aromatic carbocycles. The van der Waals surface area contributed by atoms with Gasteiger partial charge in [-0.25, -0.2) is 8.42 Å². The normalized spacial score (nSPS) is 15.2. The van der Waals surface area contributed by atoms with Crippen molar-refractivity contribution in [3.63, 3.8) is 0 Å². The number of hydrogen-bond acceptors (Lipinski definition) is 5. The first-order valence-corrected chi connectivity index (χ1v) is 12.4. The molecular formula is C24H28N2O5S. The van der Waals surface area contributed by atoms with Gasteiger partial charge in [0.05, 0.1) is 11.5 Å². The van der Waals surface area contributed by atoms with Crippen LogP contribution in [0.5, 0.6) is 0 Å². The van der Waals surface area contributed by atoms with Crippen LogP contribution in [0.2, 0.25) is 0 Å². The van der Waals surface area contributed by atoms with E-state index in [1.54, 1.807) is 18.2 Å². The molecule has 3 aromatic rings. The first-order chi connectivity index (χ1) is 15.4. The number of furan rings is 1. The highest BCUT2D eigenvalue weighted by molar-refractivity contribution is 7.89. The fourth-order valence-electron chi connectivity index (χ4n) is 3.96. The molecule has 7 nitrogen and oxygen atoms in total. The highest BCUT2D eigenvalue weighted by atomic mass is 32.2. The van der Waals surface area contributed by atoms with Gasteiger partial charge in [0.1, 0.15) is 5.58 Å². The Hall–Kier alpha value is -2.68. The largest absolute Gasteiger partial charge is 0.451 e. The Kier molecular flexibility index (Phi) is 6.64. The monoisotopic (exact) mass is 456 g/mol. The Labute approximate surface area is 188 Å². The zero-order chi connectivity index (χ0) is 22.7. The smallest absolute Gasteiger partial charge is 0.291 e. The molecule has 1 aliphatic rings. The summed E-state index contributed by atoms with van der Waals surface area (Å²) in [6.07, 6.45) is 2.77. The Bertz CT molecular complexity index is 1230. The first-order valence-electron chi connectivity index (χ1n) is 10.9. The zero-order valence-corrected chi connectivity index (χ0v) is 19.2. The van der Waals surface area contributed by atoms with E-state index in [1.807, 2.05) is 32.0 Å². The third kappa shape index (κ3) is 4.44. The number of fused-ring (bicyclic) bond motifs is 1. The van der Waals surface area contributed by atoms with E-state index in [9.17, 15) is 13.2 Å². The molecule has 0 radical (unpaired) electrons. The number of ether oxygens (including phenoxy) is 1. The maximum atomic E-state index is 13.2. The van der Waals surface area contributed by atoms with Crippen molar-refractivity contribution in [1.29, 1.82) is 0 Å². The quantitative estimate of drug-likeness (QED) is 0.556. The van der Waals surface area contributed by atoms with Crippen LogP contribution in [0.15, 0.2) is 51.8 Å². The summed E-state index contributed by atoms with van der Waals surface area (Å²) in [7, 11) is -3.60. The van der Waals surface area contributed by atoms with Gasteiger partial charge >= 0.3 is 0 Å². The van der Waals surface area contributed by atoms with Crippen LogP contribution in [0, 0.1) is 6.92 Å². The maximum Gasteiger partial charge on any atom is 0.291 e. The number of para-hydroxylation sites is 1. The van der Waals surface area contributed by atoms with E-state index in [-0.39, 0.29) is 17.3 Å². The first kappa shape index (κ1) is 22.5. The van der Waals surface area contributed by atoms with Gasteiger partial charge in [-0.3, -0.25) is 4.79 Å². The van der Waals surface area contributed by atoms with Crippen LogP contribution in [0.1, 0.15) is 47.9 Å². The molecule has 1 aromatic heterocycles. The van der Waals surface area contributed by atoms with Gasteiger partial charge in [0, 0.05) is 36.3 Å². The van der Waals surface area contributed by atoms with Crippen molar-refractivity contribution in [1.82, 2.24) is 4.31 Å². The number of nitrogens with zero attached hydrogens (tertiary/aromatic N) is 1. The molecule has 1 fully saturated rings. The lowest BCUT2D eigenvalue weighted by molar-refractivity contribution is 0.0984. The number of hydrogen-bond donors (Lipinski definition) is 1. The van der Waals surface area contributed by atoms with E-state index in [4.69, 9.17) is 9.15 Å². The van der Waals surface area contributed by atoms with Gasteiger partial charge in [-0.05, 0) is 50.5 Å². The summed E-state index contributed by atoms with van der Waals surface area (Å²) < 4.78 is 39.1. The predicted octanol–water partition coefficient (Wildman–Crippen LogP) is 4.70. The Morgan fingerprint density at radius 1 is 1.12 bits per heavy atom. The molecule has 1 aliphatic heterocycles. The summed E-state index contributed by atoms with van der Waals surface area (Å²) in [4.78, 5) is 13.3. The van der Waals surface area contributed by atoms with Crippen LogP contribution < -0.4 is 5.32 Å². The molecular weight excluding hydrogens is 428 g/mol. The standard InChI is InChI=1S/C24H28N2O5S/c1-3-30-16-20-19-9-5-6-10-22(19)31-23(20)24(27)25-21-15-18(12-11-17(21)2)32(28,29)26-13-7-4-8-14-26/h5-6,9-12,15H,3-4,7-8,13-14,16H2,1-2H3,(H,25,27). The number of aryl methyl sites for hydroxylation is 1. The van der Waals surface area contributed by atoms with Crippen molar-refractivity contribution in [2.45, 2.75) is 44.6 Å². The lowest BCUT2D eigenvalue weighted by atomic mass is 10.1. The molecule has 1 amide bonds. The molecule has 0 aliphatic carbocycles. The zero-order valence-electron chi connectivity index (χ0n) is 18.4. The van der Waals surface area contributed by atoms with E-state index in [0.717, 1.165) is 30.2 Å². The molecule has 4 rings (SSSR count). The number of amides is 1. The van der Waals surface area contributed by atoms with Gasteiger partial charge in [0.2, 0.25) is 10.0 Å². The van der Waals surface area contributed by atoms with Gasteiger partial charge in [-0.15, -0.1) is 0 Å². The molecule has 1 saturated heterocycles. The summed E-state index contributed by atoms with van der Waals surface area (Å²) in [5, 5.41) is 3.67. The van der Waals surface area contributed by atoms with E-state index in [1.165, 1.54) is 10.4 Å². The van der Waals surface area contributed by atoms with Gasteiger partial charge in [-0.2, -0.15) is 4.31 Å². The molecule has 32 heavy (non-hydrogen) atoms. The number of anilines is 1. The van der Waals surface area contributed by atoms with Gasteiger partial charge in [-0.1, -0.05) is 30.7 Å². The molecule has 0 atom stereocenters. The van der Waals surface area contributed by atoms with E-state index < -0.39 is 15.9 Å². The fourth-order valence-corrected chi connectivity index (χ4v) is 5.50. The summed E-state index contributed by atoms with van der Waals surface area (Å²) >= 11 is 0. The average Bonchev–Trinajstić information content (AvgIpc) is 3.18. The van der Waals surface area contributed by atoms with E-state index in [0.29, 0.717) is 36.5 Å². The highest BCUT2D eigenvalue weighted by Gasteiger charge is 2.27. The second-order valence-electron chi connectivity index (χ2n) is 7.94. The third-order valence-corrected chi connectivity index (χ3v) is 7.66. The van der Waals surface area contributed by atoms with Gasteiger partial charge in [0.15, 0.2) is 5.76 Å². The molecule has 0 unspecified atom stereocenters. The number of benzene rings is 2. The molecule has 8 heteroatoms. The van der Waals surface area contributed by atoms with Gasteiger partial charge < -0.3 is 14.5 Å². The minimum Gasteiger partial charge on any atom is -0.451 e. The van der Waals surface area contributed by atoms with Crippen molar-refractivity contribution in [2.75, 3.05) is 25.0 Å². The SMILES string of the molecule is CCOCc1c(C(=O)Nc2cc(S(=O)(=O)N3CCCCC3)ccc2C)oc2ccccc12. The molecule has 170 valence electrons. The minimum atomic E-state index is -3.60. The third-order valence-electron chi connectivity index (χ3n) is 5.77. The van der Waals surface area contributed by atoms with Crippen molar-refractivity contribution in [3.8, 4) is 0 Å². The number of carbonyl (C=O) groups is 1. The van der Waals surface area contributed by atoms with Crippen molar-refractivity contribution >= 4 is 32.6 Å². The van der Waals surface area contributed by atoms with Crippen molar-refractivity contribution in [2.24, 2.45) is 0 Å². The lowest BCUT2D eigenvalue weighted by Crippen LogP contribution is -2.35. The highest BCUT2D eigenvalue weighted by Crippen LogP contribution is 2.29. The molecule has 0 bridgehead atoms. The summed E-state index contributed by atoms with van der Waals surface area (Å²) in [5.41, 5.74) is 2.48. The van der Waals surface area contributed by atoms with Crippen LogP contribution in [0.25, 0.3) is 11.0 Å². The number of carbonyl (C=O) groups excluding carboxylic acids is 1. The second kappa shape index (κ2) is 9.44. The van der Waals surface area contributed by atoms with Crippen LogP contribution in [0.4, 0.5) is 5.69 Å². The number of nitrogens with one attached hydrogen (secondary N) is 1. The van der Waals surface area contributed by atoms with Crippen molar-refractivity contribution in [3.05, 3.63) is 59.4 Å². The summed E-state index contributed by atoms with van der Waals surface area (Å²) in [5.74, 6) is -0.269. The van der Waals surface area contributed by atoms with E-state index >= 15 is 0 Å². The fraction of sp³-hybridized carbons (Fsp3) is 0.375. The lowest BCUT2D eigenvalue weighted by Gasteiger charge is -2.26. The van der Waals surface area contributed by atoms with Crippen LogP contribution in [-0.2, 0) is 21.4 Å². The molecule has 1 N–H and O–H groups in total. The van der Waals surface area contributed by atoms with Gasteiger partial charge in [0.25, 0.3) is 5.91 Å². The number of piperidine rings is 1. The number of rotatable bonds is 7. The second-order valence-corrected chi connectivity index (χ2v) is 9.88. The Balaban J connectivity index is 1.65. The van der Waals surface area contributed by atoms with Crippen LogP contribution >= 0.6 is 0 Å². The molecule has 0 saturated carbocycles. The average molecular weight is 457 g/mol. The van der Waals surface area contributed by atoms with E-state index in [2.05, 4.69) is 5.32 Å².